The Bertz CT molecular complexity index is 1100. The number of alkyl halides is 3. The van der Waals surface area contributed by atoms with Crippen molar-refractivity contribution in [3.8, 4) is 22.6 Å². The lowest BCUT2D eigenvalue weighted by Gasteiger charge is -2.15. The summed E-state index contributed by atoms with van der Waals surface area (Å²) in [5.74, 6) is -0.318. The fourth-order valence-electron chi connectivity index (χ4n) is 3.84. The number of rotatable bonds is 7. The molecule has 31 heavy (non-hydrogen) atoms. The number of carbonyl (C=O) groups is 1. The smallest absolute Gasteiger partial charge is 0.496 e. The molecule has 0 saturated carbocycles. The van der Waals surface area contributed by atoms with E-state index in [1.54, 1.807) is 20.1 Å². The molecule has 0 atom stereocenters. The van der Waals surface area contributed by atoms with Crippen LogP contribution in [-0.2, 0) is 13.0 Å². The molecule has 3 aromatic rings. The van der Waals surface area contributed by atoms with Crippen LogP contribution < -0.4 is 15.2 Å². The maximum atomic E-state index is 12.7. The van der Waals surface area contributed by atoms with Gasteiger partial charge in [0.1, 0.15) is 11.5 Å². The molecule has 2 N–H and O–H groups in total. The van der Waals surface area contributed by atoms with E-state index in [4.69, 9.17) is 10.5 Å². The fourth-order valence-corrected chi connectivity index (χ4v) is 3.84. The van der Waals surface area contributed by atoms with Gasteiger partial charge in [-0.15, -0.1) is 13.2 Å². The van der Waals surface area contributed by atoms with Gasteiger partial charge in [-0.3, -0.25) is 4.79 Å². The molecule has 2 aromatic carbocycles. The van der Waals surface area contributed by atoms with E-state index >= 15 is 0 Å². The summed E-state index contributed by atoms with van der Waals surface area (Å²) in [6.07, 6.45) is -4.28. The van der Waals surface area contributed by atoms with Crippen LogP contribution >= 0.6 is 0 Å². The number of ether oxygens (including phenoxy) is 2. The normalized spacial score (nSPS) is 11.4. The Morgan fingerprint density at radius 2 is 1.84 bits per heavy atom. The molecule has 3 rings (SSSR count). The third kappa shape index (κ3) is 4.68. The van der Waals surface area contributed by atoms with Gasteiger partial charge in [-0.05, 0) is 37.1 Å². The van der Waals surface area contributed by atoms with E-state index in [2.05, 4.69) is 4.74 Å². The van der Waals surface area contributed by atoms with Crippen LogP contribution in [0.5, 0.6) is 11.5 Å². The van der Waals surface area contributed by atoms with Gasteiger partial charge in [0.2, 0.25) is 0 Å². The summed E-state index contributed by atoms with van der Waals surface area (Å²) in [7, 11) is 1.58. The van der Waals surface area contributed by atoms with E-state index in [0.717, 1.165) is 11.3 Å². The summed E-state index contributed by atoms with van der Waals surface area (Å²) in [5.41, 5.74) is 9.21. The number of hydrogen-bond donors (Lipinski definition) is 1. The molecule has 0 spiro atoms. The van der Waals surface area contributed by atoms with Gasteiger partial charge in [0.15, 0.2) is 0 Å². The first kappa shape index (κ1) is 22.3. The molecule has 0 aliphatic rings. The van der Waals surface area contributed by atoms with Crippen molar-refractivity contribution in [2.24, 2.45) is 5.73 Å². The summed E-state index contributed by atoms with van der Waals surface area (Å²) in [5, 5.41) is 0. The maximum Gasteiger partial charge on any atom is 0.573 e. The Balaban J connectivity index is 2.19. The second kappa shape index (κ2) is 8.75. The zero-order valence-electron chi connectivity index (χ0n) is 17.4. The van der Waals surface area contributed by atoms with Crippen molar-refractivity contribution in [3.05, 3.63) is 71.0 Å². The van der Waals surface area contributed by atoms with Gasteiger partial charge < -0.3 is 19.8 Å². The van der Waals surface area contributed by atoms with Gasteiger partial charge in [0.25, 0.3) is 5.91 Å². The molecule has 164 valence electrons. The Kier molecular flexibility index (Phi) is 6.29. The average Bonchev–Trinajstić information content (AvgIpc) is 2.99. The molecule has 1 aromatic heterocycles. The number of para-hydroxylation sites is 1. The van der Waals surface area contributed by atoms with Gasteiger partial charge in [-0.2, -0.15) is 0 Å². The molecule has 1 heterocycles. The number of aromatic nitrogens is 1. The molecule has 0 radical (unpaired) electrons. The largest absolute Gasteiger partial charge is 0.573 e. The molecule has 0 unspecified atom stereocenters. The number of primary amides is 1. The van der Waals surface area contributed by atoms with E-state index in [-0.39, 0.29) is 11.3 Å². The highest BCUT2D eigenvalue weighted by Crippen LogP contribution is 2.36. The van der Waals surface area contributed by atoms with Crippen molar-refractivity contribution in [1.82, 2.24) is 4.57 Å². The second-order valence-corrected chi connectivity index (χ2v) is 6.97. The van der Waals surface area contributed by atoms with Crippen LogP contribution in [0.1, 0.15) is 34.2 Å². The lowest BCUT2D eigenvalue weighted by Crippen LogP contribution is -2.17. The minimum atomic E-state index is -4.82. The summed E-state index contributed by atoms with van der Waals surface area (Å²) >= 11 is 0. The van der Waals surface area contributed by atoms with Gasteiger partial charge in [-0.1, -0.05) is 37.3 Å². The Morgan fingerprint density at radius 1 is 1.13 bits per heavy atom. The zero-order valence-corrected chi connectivity index (χ0v) is 17.4. The first-order valence-electron chi connectivity index (χ1n) is 9.66. The highest BCUT2D eigenvalue weighted by atomic mass is 19.4. The minimum Gasteiger partial charge on any atom is -0.496 e. The van der Waals surface area contributed by atoms with E-state index in [0.29, 0.717) is 35.5 Å². The van der Waals surface area contributed by atoms with E-state index < -0.39 is 12.3 Å². The SMILES string of the molecule is CCc1c(-c2cccc(OC(F)(F)F)c2)c(C(N)=O)c(C)n1Cc1ccccc1OC. The highest BCUT2D eigenvalue weighted by molar-refractivity contribution is 6.02. The maximum absolute atomic E-state index is 12.7. The monoisotopic (exact) mass is 432 g/mol. The van der Waals surface area contributed by atoms with E-state index in [1.807, 2.05) is 35.8 Å². The minimum absolute atomic E-state index is 0.274. The topological polar surface area (TPSA) is 66.5 Å². The zero-order chi connectivity index (χ0) is 22.8. The summed E-state index contributed by atoms with van der Waals surface area (Å²) in [6.45, 7) is 4.10. The number of benzene rings is 2. The number of methoxy groups -OCH3 is 1. The molecule has 1 amide bonds. The molecular weight excluding hydrogens is 409 g/mol. The summed E-state index contributed by atoms with van der Waals surface area (Å²) in [6, 6.07) is 13.1. The molecule has 0 bridgehead atoms. The predicted molar refractivity (Wildman–Crippen MR) is 111 cm³/mol. The Morgan fingerprint density at radius 3 is 2.45 bits per heavy atom. The second-order valence-electron chi connectivity index (χ2n) is 6.97. The standard InChI is InChI=1S/C23H23F3N2O3/c1-4-18-21(15-9-7-10-17(12-15)31-23(24,25)26)20(22(27)29)14(2)28(18)13-16-8-5-6-11-19(16)30-3/h5-12H,4,13H2,1-3H3,(H2,27,29). The van der Waals surface area contributed by atoms with Gasteiger partial charge in [0.05, 0.1) is 19.2 Å². The molecule has 0 saturated heterocycles. The number of nitrogens with two attached hydrogens (primary N) is 1. The fraction of sp³-hybridized carbons (Fsp3) is 0.261. The van der Waals surface area contributed by atoms with Gasteiger partial charge >= 0.3 is 6.36 Å². The first-order valence-corrected chi connectivity index (χ1v) is 9.66. The third-order valence-corrected chi connectivity index (χ3v) is 5.09. The average molecular weight is 432 g/mol. The molecular formula is C23H23F3N2O3. The number of hydrogen-bond acceptors (Lipinski definition) is 3. The number of nitrogens with zero attached hydrogens (tertiary/aromatic N) is 1. The van der Waals surface area contributed by atoms with Crippen molar-refractivity contribution in [1.29, 1.82) is 0 Å². The lowest BCUT2D eigenvalue weighted by molar-refractivity contribution is -0.274. The molecule has 0 aliphatic heterocycles. The van der Waals surface area contributed by atoms with Crippen molar-refractivity contribution in [2.75, 3.05) is 7.11 Å². The Hall–Kier alpha value is -3.42. The van der Waals surface area contributed by atoms with Crippen molar-refractivity contribution >= 4 is 5.91 Å². The van der Waals surface area contributed by atoms with Crippen LogP contribution in [0.3, 0.4) is 0 Å². The van der Waals surface area contributed by atoms with E-state index in [9.17, 15) is 18.0 Å². The van der Waals surface area contributed by atoms with Crippen LogP contribution in [0.15, 0.2) is 48.5 Å². The lowest BCUT2D eigenvalue weighted by atomic mass is 9.98. The van der Waals surface area contributed by atoms with Crippen LogP contribution in [0.2, 0.25) is 0 Å². The van der Waals surface area contributed by atoms with Crippen LogP contribution in [0, 0.1) is 6.92 Å². The van der Waals surface area contributed by atoms with E-state index in [1.165, 1.54) is 18.2 Å². The quantitative estimate of drug-likeness (QED) is 0.566. The molecule has 8 heteroatoms. The van der Waals surface area contributed by atoms with Crippen molar-refractivity contribution in [3.63, 3.8) is 0 Å². The molecule has 0 fully saturated rings. The third-order valence-electron chi connectivity index (χ3n) is 5.09. The van der Waals surface area contributed by atoms with Crippen LogP contribution in [0.4, 0.5) is 13.2 Å². The number of amides is 1. The summed E-state index contributed by atoms with van der Waals surface area (Å²) in [4.78, 5) is 12.4. The molecule has 0 aliphatic carbocycles. The Labute approximate surface area is 178 Å². The van der Waals surface area contributed by atoms with Gasteiger partial charge in [-0.25, -0.2) is 0 Å². The highest BCUT2D eigenvalue weighted by Gasteiger charge is 2.31. The number of halogens is 3. The van der Waals surface area contributed by atoms with Crippen LogP contribution in [0.25, 0.3) is 11.1 Å². The first-order chi connectivity index (χ1) is 14.7. The van der Waals surface area contributed by atoms with Crippen molar-refractivity contribution < 1.29 is 27.4 Å². The molecule has 5 nitrogen and oxygen atoms in total. The van der Waals surface area contributed by atoms with Crippen LogP contribution in [-0.4, -0.2) is 23.9 Å². The van der Waals surface area contributed by atoms with Crippen molar-refractivity contribution in [2.45, 2.75) is 33.2 Å². The summed E-state index contributed by atoms with van der Waals surface area (Å²) < 4.78 is 49.5. The predicted octanol–water partition coefficient (Wildman–Crippen LogP) is 5.08. The number of carbonyl (C=O) groups excluding carboxylic acids is 1. The van der Waals surface area contributed by atoms with Gasteiger partial charge in [0, 0.05) is 22.5 Å².